The molecule has 1 aliphatic carbocycles. The summed E-state index contributed by atoms with van der Waals surface area (Å²) in [6, 6.07) is 1.19. The molecule has 1 aliphatic rings. The molecule has 0 saturated heterocycles. The van der Waals surface area contributed by atoms with Gasteiger partial charge in [-0.05, 0) is 18.9 Å². The molecular formula is C13H13F2NO3S. The molecule has 1 aromatic carbocycles. The number of hydrogen-bond donors (Lipinski definition) is 2. The van der Waals surface area contributed by atoms with E-state index in [0.717, 1.165) is 6.07 Å². The van der Waals surface area contributed by atoms with E-state index in [1.807, 2.05) is 0 Å². The van der Waals surface area contributed by atoms with Crippen LogP contribution in [0.25, 0.3) is 0 Å². The summed E-state index contributed by atoms with van der Waals surface area (Å²) >= 11 is 0. The second-order valence-corrected chi connectivity index (χ2v) is 6.09. The molecule has 0 unspecified atom stereocenters. The Morgan fingerprint density at radius 2 is 2.05 bits per heavy atom. The van der Waals surface area contributed by atoms with Gasteiger partial charge in [-0.3, -0.25) is 0 Å². The van der Waals surface area contributed by atoms with Gasteiger partial charge in [0.2, 0.25) is 10.0 Å². The standard InChI is InChI=1S/C13H13F2NO3S/c14-10-7-9(3-1-2-6-17)13(12(15)8-10)20(18,19)16-11-4-5-11/h7-8,11,16-17H,2,4-6H2. The van der Waals surface area contributed by atoms with E-state index in [1.165, 1.54) is 0 Å². The van der Waals surface area contributed by atoms with Crippen molar-refractivity contribution in [2.75, 3.05) is 6.61 Å². The minimum Gasteiger partial charge on any atom is -0.395 e. The molecule has 108 valence electrons. The Balaban J connectivity index is 2.47. The summed E-state index contributed by atoms with van der Waals surface area (Å²) < 4.78 is 53.5. The SMILES string of the molecule is O=S(=O)(NC1CC1)c1c(F)cc(F)cc1C#CCCO. The molecule has 0 bridgehead atoms. The van der Waals surface area contributed by atoms with Crippen LogP contribution in [0.4, 0.5) is 8.78 Å². The molecular weight excluding hydrogens is 288 g/mol. The van der Waals surface area contributed by atoms with Gasteiger partial charge in [0, 0.05) is 18.5 Å². The van der Waals surface area contributed by atoms with E-state index >= 15 is 0 Å². The Bertz CT molecular complexity index is 673. The highest BCUT2D eigenvalue weighted by atomic mass is 32.2. The maximum absolute atomic E-state index is 13.8. The fourth-order valence-electron chi connectivity index (χ4n) is 1.62. The molecule has 7 heteroatoms. The average molecular weight is 301 g/mol. The molecule has 0 atom stereocenters. The minimum atomic E-state index is -4.07. The van der Waals surface area contributed by atoms with Crippen LogP contribution in [-0.2, 0) is 10.0 Å². The summed E-state index contributed by atoms with van der Waals surface area (Å²) in [6.07, 6.45) is 1.49. The van der Waals surface area contributed by atoms with Crippen LogP contribution in [0, 0.1) is 23.5 Å². The number of hydrogen-bond acceptors (Lipinski definition) is 3. The van der Waals surface area contributed by atoms with E-state index in [9.17, 15) is 17.2 Å². The number of benzene rings is 1. The van der Waals surface area contributed by atoms with Crippen molar-refractivity contribution in [2.24, 2.45) is 0 Å². The summed E-state index contributed by atoms with van der Waals surface area (Å²) in [5.41, 5.74) is -0.246. The highest BCUT2D eigenvalue weighted by Crippen LogP contribution is 2.25. The van der Waals surface area contributed by atoms with Crippen molar-refractivity contribution in [1.29, 1.82) is 0 Å². The zero-order valence-electron chi connectivity index (χ0n) is 10.5. The molecule has 1 saturated carbocycles. The van der Waals surface area contributed by atoms with Gasteiger partial charge in [-0.15, -0.1) is 0 Å². The Kier molecular flexibility index (Phi) is 4.38. The molecule has 0 aliphatic heterocycles. The second kappa shape index (κ2) is 5.87. The van der Waals surface area contributed by atoms with Gasteiger partial charge >= 0.3 is 0 Å². The van der Waals surface area contributed by atoms with Gasteiger partial charge < -0.3 is 5.11 Å². The molecule has 0 aromatic heterocycles. The van der Waals surface area contributed by atoms with Crippen LogP contribution in [0.3, 0.4) is 0 Å². The Labute approximate surface area is 115 Å². The van der Waals surface area contributed by atoms with Crippen LogP contribution in [-0.4, -0.2) is 26.2 Å². The smallest absolute Gasteiger partial charge is 0.244 e. The monoisotopic (exact) mass is 301 g/mol. The zero-order chi connectivity index (χ0) is 14.8. The van der Waals surface area contributed by atoms with Crippen LogP contribution >= 0.6 is 0 Å². The van der Waals surface area contributed by atoms with Crippen LogP contribution in [0.1, 0.15) is 24.8 Å². The summed E-state index contributed by atoms with van der Waals surface area (Å²) in [6.45, 7) is -0.215. The summed E-state index contributed by atoms with van der Waals surface area (Å²) in [5.74, 6) is 2.77. The van der Waals surface area contributed by atoms with Crippen molar-refractivity contribution in [3.05, 3.63) is 29.3 Å². The zero-order valence-corrected chi connectivity index (χ0v) is 11.3. The second-order valence-electron chi connectivity index (χ2n) is 4.44. The van der Waals surface area contributed by atoms with Crippen LogP contribution in [0.2, 0.25) is 0 Å². The number of sulfonamides is 1. The molecule has 0 heterocycles. The summed E-state index contributed by atoms with van der Waals surface area (Å²) in [4.78, 5) is -0.642. The third-order valence-electron chi connectivity index (χ3n) is 2.64. The van der Waals surface area contributed by atoms with E-state index in [4.69, 9.17) is 5.11 Å². The van der Waals surface area contributed by atoms with Crippen molar-refractivity contribution in [3.63, 3.8) is 0 Å². The van der Waals surface area contributed by atoms with Gasteiger partial charge in [0.15, 0.2) is 0 Å². The predicted molar refractivity (Wildman–Crippen MR) is 68.3 cm³/mol. The average Bonchev–Trinajstić information content (AvgIpc) is 3.11. The van der Waals surface area contributed by atoms with E-state index in [2.05, 4.69) is 16.6 Å². The molecule has 1 fully saturated rings. The van der Waals surface area contributed by atoms with Crippen molar-refractivity contribution in [1.82, 2.24) is 4.72 Å². The topological polar surface area (TPSA) is 66.4 Å². The van der Waals surface area contributed by atoms with Crippen molar-refractivity contribution >= 4 is 10.0 Å². The maximum atomic E-state index is 13.8. The van der Waals surface area contributed by atoms with Crippen molar-refractivity contribution in [3.8, 4) is 11.8 Å². The van der Waals surface area contributed by atoms with E-state index in [0.29, 0.717) is 18.9 Å². The molecule has 4 nitrogen and oxygen atoms in total. The normalized spacial score (nSPS) is 14.8. The third-order valence-corrected chi connectivity index (χ3v) is 4.23. The van der Waals surface area contributed by atoms with Gasteiger partial charge in [0.25, 0.3) is 0 Å². The fourth-order valence-corrected chi connectivity index (χ4v) is 3.13. The van der Waals surface area contributed by atoms with Crippen LogP contribution < -0.4 is 4.72 Å². The van der Waals surface area contributed by atoms with E-state index in [-0.39, 0.29) is 24.6 Å². The maximum Gasteiger partial charge on any atom is 0.244 e. The Morgan fingerprint density at radius 1 is 1.35 bits per heavy atom. The molecule has 20 heavy (non-hydrogen) atoms. The molecule has 2 rings (SSSR count). The first-order chi connectivity index (χ1) is 9.44. The van der Waals surface area contributed by atoms with Gasteiger partial charge in [-0.1, -0.05) is 11.8 Å². The lowest BCUT2D eigenvalue weighted by atomic mass is 10.2. The lowest BCUT2D eigenvalue weighted by Gasteiger charge is -2.09. The fraction of sp³-hybridized carbons (Fsp3) is 0.385. The number of rotatable bonds is 4. The summed E-state index contributed by atoms with van der Waals surface area (Å²) in [7, 11) is -4.07. The molecule has 0 radical (unpaired) electrons. The quantitative estimate of drug-likeness (QED) is 0.820. The van der Waals surface area contributed by atoms with Gasteiger partial charge in [-0.2, -0.15) is 0 Å². The molecule has 1 aromatic rings. The minimum absolute atomic E-state index is 0.0909. The van der Waals surface area contributed by atoms with Gasteiger partial charge in [0.05, 0.1) is 12.2 Å². The predicted octanol–water partition coefficient (Wildman–Crippen LogP) is 1.14. The Hall–Kier alpha value is -1.49. The largest absolute Gasteiger partial charge is 0.395 e. The number of nitrogens with one attached hydrogen (secondary N) is 1. The van der Waals surface area contributed by atoms with Crippen LogP contribution in [0.15, 0.2) is 17.0 Å². The van der Waals surface area contributed by atoms with Gasteiger partial charge in [0.1, 0.15) is 16.5 Å². The first kappa shape index (κ1) is 14.9. The van der Waals surface area contributed by atoms with Crippen LogP contribution in [0.5, 0.6) is 0 Å². The molecule has 0 spiro atoms. The lowest BCUT2D eigenvalue weighted by Crippen LogP contribution is -2.27. The van der Waals surface area contributed by atoms with Gasteiger partial charge in [-0.25, -0.2) is 21.9 Å². The molecule has 0 amide bonds. The first-order valence-corrected chi connectivity index (χ1v) is 7.53. The summed E-state index contributed by atoms with van der Waals surface area (Å²) in [5, 5.41) is 8.63. The number of aliphatic hydroxyl groups is 1. The van der Waals surface area contributed by atoms with E-state index in [1.54, 1.807) is 0 Å². The third kappa shape index (κ3) is 3.54. The number of aliphatic hydroxyl groups excluding tert-OH is 1. The number of halogens is 2. The van der Waals surface area contributed by atoms with Crippen molar-refractivity contribution in [2.45, 2.75) is 30.2 Å². The Morgan fingerprint density at radius 3 is 2.65 bits per heavy atom. The highest BCUT2D eigenvalue weighted by molar-refractivity contribution is 7.89. The first-order valence-electron chi connectivity index (χ1n) is 6.05. The van der Waals surface area contributed by atoms with E-state index < -0.39 is 26.6 Å². The lowest BCUT2D eigenvalue weighted by molar-refractivity contribution is 0.305. The highest BCUT2D eigenvalue weighted by Gasteiger charge is 2.31. The van der Waals surface area contributed by atoms with Crippen molar-refractivity contribution < 1.29 is 22.3 Å². The molecule has 2 N–H and O–H groups in total.